The minimum absolute atomic E-state index is 0.0259. The van der Waals surface area contributed by atoms with Gasteiger partial charge in [-0.25, -0.2) is 0 Å². The van der Waals surface area contributed by atoms with Gasteiger partial charge >= 0.3 is 0 Å². The number of rotatable bonds is 6. The summed E-state index contributed by atoms with van der Waals surface area (Å²) < 4.78 is 16.4. The third-order valence-corrected chi connectivity index (χ3v) is 4.23. The van der Waals surface area contributed by atoms with Crippen LogP contribution < -0.4 is 14.2 Å². The van der Waals surface area contributed by atoms with Gasteiger partial charge < -0.3 is 19.1 Å². The lowest BCUT2D eigenvalue weighted by Crippen LogP contribution is -2.46. The maximum atomic E-state index is 12.4. The number of likely N-dealkylation sites (tertiary alicyclic amines) is 1. The Morgan fingerprint density at radius 1 is 1.15 bits per heavy atom. The molecule has 1 aliphatic rings. The highest BCUT2D eigenvalue weighted by Gasteiger charge is 2.25. The number of aryl methyl sites for hydroxylation is 1. The first-order valence-electron chi connectivity index (χ1n) is 8.65. The standard InChI is InChI=1S/C19H23N3O4/c1-14-5-7-15(8-6-14)25-13-19(23)22-11-3-4-16(12-22)26-18-10-9-17(24-2)20-21-18/h5-10,16H,3-4,11-13H2,1-2H3. The topological polar surface area (TPSA) is 73.8 Å². The Morgan fingerprint density at radius 3 is 2.58 bits per heavy atom. The summed E-state index contributed by atoms with van der Waals surface area (Å²) in [4.78, 5) is 14.2. The van der Waals surface area contributed by atoms with Gasteiger partial charge in [0.25, 0.3) is 5.91 Å². The van der Waals surface area contributed by atoms with Crippen LogP contribution in [0.2, 0.25) is 0 Å². The van der Waals surface area contributed by atoms with Crippen LogP contribution in [0.4, 0.5) is 0 Å². The quantitative estimate of drug-likeness (QED) is 0.789. The first kappa shape index (κ1) is 18.0. The molecular weight excluding hydrogens is 334 g/mol. The monoisotopic (exact) mass is 357 g/mol. The van der Waals surface area contributed by atoms with E-state index in [-0.39, 0.29) is 18.6 Å². The van der Waals surface area contributed by atoms with Crippen LogP contribution in [0.3, 0.4) is 0 Å². The molecule has 7 heteroatoms. The van der Waals surface area contributed by atoms with Crippen LogP contribution in [0.1, 0.15) is 18.4 Å². The minimum atomic E-state index is -0.102. The number of benzene rings is 1. The van der Waals surface area contributed by atoms with E-state index in [0.29, 0.717) is 30.6 Å². The van der Waals surface area contributed by atoms with Gasteiger partial charge in [-0.15, -0.1) is 10.2 Å². The fourth-order valence-electron chi connectivity index (χ4n) is 2.78. The largest absolute Gasteiger partial charge is 0.484 e. The lowest BCUT2D eigenvalue weighted by Gasteiger charge is -2.32. The van der Waals surface area contributed by atoms with E-state index in [1.165, 1.54) is 7.11 Å². The molecule has 0 spiro atoms. The Balaban J connectivity index is 1.50. The van der Waals surface area contributed by atoms with Crippen LogP contribution in [0, 0.1) is 6.92 Å². The van der Waals surface area contributed by atoms with Gasteiger partial charge in [0, 0.05) is 18.7 Å². The molecule has 138 valence electrons. The van der Waals surface area contributed by atoms with Crippen molar-refractivity contribution in [2.75, 3.05) is 26.8 Å². The normalized spacial score (nSPS) is 16.8. The Bertz CT molecular complexity index is 719. The Kier molecular flexibility index (Phi) is 5.88. The van der Waals surface area contributed by atoms with Gasteiger partial charge in [-0.05, 0) is 31.9 Å². The number of nitrogens with zero attached hydrogens (tertiary/aromatic N) is 3. The Morgan fingerprint density at radius 2 is 1.88 bits per heavy atom. The van der Waals surface area contributed by atoms with E-state index in [1.54, 1.807) is 17.0 Å². The first-order valence-corrected chi connectivity index (χ1v) is 8.65. The summed E-state index contributed by atoms with van der Waals surface area (Å²) in [5.41, 5.74) is 1.15. The van der Waals surface area contributed by atoms with Crippen molar-refractivity contribution in [3.8, 4) is 17.5 Å². The number of ether oxygens (including phenoxy) is 3. The summed E-state index contributed by atoms with van der Waals surface area (Å²) in [6.45, 7) is 3.27. The predicted molar refractivity (Wildman–Crippen MR) is 95.5 cm³/mol. The molecule has 1 atom stereocenters. The highest BCUT2D eigenvalue weighted by molar-refractivity contribution is 5.77. The van der Waals surface area contributed by atoms with E-state index in [1.807, 2.05) is 31.2 Å². The van der Waals surface area contributed by atoms with E-state index in [2.05, 4.69) is 10.2 Å². The number of methoxy groups -OCH3 is 1. The maximum absolute atomic E-state index is 12.4. The third-order valence-electron chi connectivity index (χ3n) is 4.23. The van der Waals surface area contributed by atoms with Crippen LogP contribution in [-0.4, -0.2) is 53.9 Å². The molecule has 2 aromatic rings. The molecular formula is C19H23N3O4. The molecule has 1 aliphatic heterocycles. The van der Waals surface area contributed by atoms with Crippen molar-refractivity contribution in [2.24, 2.45) is 0 Å². The van der Waals surface area contributed by atoms with E-state index in [9.17, 15) is 4.79 Å². The molecule has 1 fully saturated rings. The molecule has 0 saturated carbocycles. The van der Waals surface area contributed by atoms with E-state index in [0.717, 1.165) is 18.4 Å². The fourth-order valence-corrected chi connectivity index (χ4v) is 2.78. The SMILES string of the molecule is COc1ccc(OC2CCCN(C(=O)COc3ccc(C)cc3)C2)nn1. The van der Waals surface area contributed by atoms with E-state index >= 15 is 0 Å². The zero-order valence-electron chi connectivity index (χ0n) is 15.1. The Hall–Kier alpha value is -2.83. The molecule has 1 aromatic carbocycles. The van der Waals surface area contributed by atoms with Crippen LogP contribution in [0.5, 0.6) is 17.5 Å². The molecule has 0 N–H and O–H groups in total. The first-order chi connectivity index (χ1) is 12.6. The summed E-state index contributed by atoms with van der Waals surface area (Å²) in [6, 6.07) is 11.1. The highest BCUT2D eigenvalue weighted by atomic mass is 16.5. The second kappa shape index (κ2) is 8.51. The van der Waals surface area contributed by atoms with Gasteiger partial charge in [-0.3, -0.25) is 4.79 Å². The summed E-state index contributed by atoms with van der Waals surface area (Å²) in [6.07, 6.45) is 1.65. The number of hydrogen-bond donors (Lipinski definition) is 0. The smallest absolute Gasteiger partial charge is 0.260 e. The molecule has 1 aromatic heterocycles. The lowest BCUT2D eigenvalue weighted by molar-refractivity contribution is -0.136. The van der Waals surface area contributed by atoms with Crippen molar-refractivity contribution in [3.05, 3.63) is 42.0 Å². The zero-order valence-corrected chi connectivity index (χ0v) is 15.1. The summed E-state index contributed by atoms with van der Waals surface area (Å²) >= 11 is 0. The van der Waals surface area contributed by atoms with Crippen molar-refractivity contribution in [2.45, 2.75) is 25.9 Å². The zero-order chi connectivity index (χ0) is 18.4. The molecule has 1 unspecified atom stereocenters. The van der Waals surface area contributed by atoms with Gasteiger partial charge in [0.2, 0.25) is 11.8 Å². The highest BCUT2D eigenvalue weighted by Crippen LogP contribution is 2.18. The van der Waals surface area contributed by atoms with Gasteiger partial charge in [0.05, 0.1) is 13.7 Å². The summed E-state index contributed by atoms with van der Waals surface area (Å²) in [5, 5.41) is 7.86. The minimum Gasteiger partial charge on any atom is -0.484 e. The molecule has 0 bridgehead atoms. The van der Waals surface area contributed by atoms with Crippen molar-refractivity contribution in [1.29, 1.82) is 0 Å². The third kappa shape index (κ3) is 4.84. The van der Waals surface area contributed by atoms with E-state index in [4.69, 9.17) is 14.2 Å². The van der Waals surface area contributed by atoms with Crippen molar-refractivity contribution in [1.82, 2.24) is 15.1 Å². The van der Waals surface area contributed by atoms with Crippen LogP contribution in [-0.2, 0) is 4.79 Å². The molecule has 0 radical (unpaired) electrons. The average Bonchev–Trinajstić information content (AvgIpc) is 2.68. The molecule has 2 heterocycles. The van der Waals surface area contributed by atoms with Crippen molar-refractivity contribution < 1.29 is 19.0 Å². The number of carbonyl (C=O) groups is 1. The van der Waals surface area contributed by atoms with Gasteiger partial charge in [0.15, 0.2) is 6.61 Å². The van der Waals surface area contributed by atoms with E-state index < -0.39 is 0 Å². The second-order valence-electron chi connectivity index (χ2n) is 6.24. The number of carbonyl (C=O) groups excluding carboxylic acids is 1. The van der Waals surface area contributed by atoms with Gasteiger partial charge in [0.1, 0.15) is 11.9 Å². The fraction of sp³-hybridized carbons (Fsp3) is 0.421. The summed E-state index contributed by atoms with van der Waals surface area (Å²) in [7, 11) is 1.54. The van der Waals surface area contributed by atoms with Crippen LogP contribution in [0.25, 0.3) is 0 Å². The second-order valence-corrected chi connectivity index (χ2v) is 6.24. The molecule has 1 amide bonds. The number of amides is 1. The van der Waals surface area contributed by atoms with Gasteiger partial charge in [-0.2, -0.15) is 0 Å². The average molecular weight is 357 g/mol. The van der Waals surface area contributed by atoms with Gasteiger partial charge in [-0.1, -0.05) is 17.7 Å². The van der Waals surface area contributed by atoms with Crippen LogP contribution >= 0.6 is 0 Å². The molecule has 1 saturated heterocycles. The number of hydrogen-bond acceptors (Lipinski definition) is 6. The molecule has 3 rings (SSSR count). The molecule has 26 heavy (non-hydrogen) atoms. The molecule has 0 aliphatic carbocycles. The predicted octanol–water partition coefficient (Wildman–Crippen LogP) is 2.24. The van der Waals surface area contributed by atoms with Crippen molar-refractivity contribution >= 4 is 5.91 Å². The van der Waals surface area contributed by atoms with Crippen LogP contribution in [0.15, 0.2) is 36.4 Å². The molecule has 7 nitrogen and oxygen atoms in total. The summed E-state index contributed by atoms with van der Waals surface area (Å²) in [5.74, 6) is 1.52. The maximum Gasteiger partial charge on any atom is 0.260 e. The number of aromatic nitrogens is 2. The Labute approximate surface area is 152 Å². The van der Waals surface area contributed by atoms with Crippen molar-refractivity contribution in [3.63, 3.8) is 0 Å². The lowest BCUT2D eigenvalue weighted by atomic mass is 10.1. The number of piperidine rings is 1.